The number of nitrogens with two attached hydrogens (primary N) is 1. The highest BCUT2D eigenvalue weighted by molar-refractivity contribution is 6.43. The second-order valence-electron chi connectivity index (χ2n) is 9.86. The van der Waals surface area contributed by atoms with Gasteiger partial charge in [0.2, 0.25) is 17.2 Å². The fourth-order valence-electron chi connectivity index (χ4n) is 6.08. The van der Waals surface area contributed by atoms with E-state index < -0.39 is 11.5 Å². The van der Waals surface area contributed by atoms with Gasteiger partial charge >= 0.3 is 0 Å². The van der Waals surface area contributed by atoms with Gasteiger partial charge in [-0.1, -0.05) is 60.7 Å². The van der Waals surface area contributed by atoms with Gasteiger partial charge in [0.05, 0.1) is 6.10 Å². The van der Waals surface area contributed by atoms with Crippen molar-refractivity contribution in [2.75, 3.05) is 0 Å². The fourth-order valence-corrected chi connectivity index (χ4v) is 6.08. The minimum atomic E-state index is -0.524. The van der Waals surface area contributed by atoms with E-state index in [4.69, 9.17) is 5.73 Å². The van der Waals surface area contributed by atoms with Crippen molar-refractivity contribution in [2.24, 2.45) is 28.4 Å². The third-order valence-corrected chi connectivity index (χ3v) is 8.14. The maximum Gasteiger partial charge on any atom is 0.238 e. The highest BCUT2D eigenvalue weighted by atomic mass is 16.3. The van der Waals surface area contributed by atoms with Gasteiger partial charge in [0.25, 0.3) is 0 Å². The number of ketones is 1. The first-order valence-electron chi connectivity index (χ1n) is 11.3. The highest BCUT2D eigenvalue weighted by Gasteiger charge is 2.84. The molecule has 2 saturated carbocycles. The van der Waals surface area contributed by atoms with Crippen LogP contribution in [0.5, 0.6) is 5.75 Å². The van der Waals surface area contributed by atoms with Crippen LogP contribution < -0.4 is 10.7 Å². The Hall–Kier alpha value is -3.02. The molecule has 162 valence electrons. The smallest absolute Gasteiger partial charge is 0.238 e. The number of aliphatic hydroxyl groups excluding tert-OH is 1. The third-order valence-electron chi connectivity index (χ3n) is 8.14. The quantitative estimate of drug-likeness (QED) is 0.576. The first kappa shape index (κ1) is 19.6. The number of hydrogen-bond donors (Lipinski definition) is 4. The lowest BCUT2D eigenvalue weighted by Crippen LogP contribution is -2.72. The molecule has 32 heavy (non-hydrogen) atoms. The van der Waals surface area contributed by atoms with Gasteiger partial charge in [0.15, 0.2) is 0 Å². The molecule has 0 amide bonds. The zero-order valence-electron chi connectivity index (χ0n) is 18.0. The van der Waals surface area contributed by atoms with Gasteiger partial charge < -0.3 is 15.9 Å². The minimum Gasteiger partial charge on any atom is -0.508 e. The predicted octanol–water partition coefficient (Wildman–Crippen LogP) is 1.77. The molecule has 5 heteroatoms. The van der Waals surface area contributed by atoms with Crippen molar-refractivity contribution in [3.63, 3.8) is 0 Å². The Labute approximate surface area is 187 Å². The van der Waals surface area contributed by atoms with Gasteiger partial charge in [-0.3, -0.25) is 4.79 Å². The van der Waals surface area contributed by atoms with Gasteiger partial charge in [0, 0.05) is 40.5 Å². The van der Waals surface area contributed by atoms with Gasteiger partial charge in [-0.05, 0) is 25.3 Å². The summed E-state index contributed by atoms with van der Waals surface area (Å²) in [5.41, 5.74) is 10.2. The molecule has 1 aromatic carbocycles. The Balaban J connectivity index is 1.33. The second kappa shape index (κ2) is 6.50. The van der Waals surface area contributed by atoms with E-state index in [9.17, 15) is 15.0 Å². The summed E-state index contributed by atoms with van der Waals surface area (Å²) in [6, 6.07) is 6.81. The number of carbonyl (C=O) groups excluding carboxylic acids is 1. The monoisotopic (exact) mass is 427 g/mol. The number of carbonyl (C=O) groups is 1. The lowest BCUT2D eigenvalue weighted by molar-refractivity contribution is -0.390. The molecule has 5 unspecified atom stereocenters. The standard InChI is InChI=1S/C27H26N2O3/c1-26-12-5-4-10-18(26)22(15-7-6-8-16(30)13-15)29-25(26)23(32)21-19-14-27(19,21)24(28)17-9-2-3-11-20(17)31/h2-12,16,19,21,24,30-31H,13-14,28H2,1H3/p+1/t16?,19?,21?,24?,26-,27?/m0/s1. The Kier molecular flexibility index (Phi) is 3.99. The second-order valence-corrected chi connectivity index (χ2v) is 9.86. The van der Waals surface area contributed by atoms with Crippen molar-refractivity contribution < 1.29 is 20.0 Å². The molecule has 5 nitrogen and oxygen atoms in total. The van der Waals surface area contributed by atoms with Crippen LogP contribution in [0.15, 0.2) is 83.6 Å². The number of aliphatic hydroxyl groups is 1. The fraction of sp³-hybridized carbons (Fsp3) is 0.333. The van der Waals surface area contributed by atoms with Crippen LogP contribution in [0, 0.1) is 22.7 Å². The van der Waals surface area contributed by atoms with E-state index in [-0.39, 0.29) is 34.8 Å². The molecule has 0 aromatic heterocycles. The van der Waals surface area contributed by atoms with E-state index >= 15 is 0 Å². The number of phenols is 1. The molecule has 6 atom stereocenters. The Morgan fingerprint density at radius 1 is 1.25 bits per heavy atom. The Morgan fingerprint density at radius 3 is 2.81 bits per heavy atom. The zero-order chi connectivity index (χ0) is 22.3. The Bertz CT molecular complexity index is 1230. The summed E-state index contributed by atoms with van der Waals surface area (Å²) in [5, 5.41) is 20.4. The summed E-state index contributed by atoms with van der Waals surface area (Å²) < 4.78 is 0. The number of para-hydroxylation sites is 1. The molecule has 2 fully saturated rings. The first-order chi connectivity index (χ1) is 15.4. The molecule has 1 heterocycles. The molecule has 1 aliphatic heterocycles. The molecular weight excluding hydrogens is 400 g/mol. The molecule has 1 aromatic rings. The van der Waals surface area contributed by atoms with Gasteiger partial charge in [-0.2, -0.15) is 0 Å². The maximum absolute atomic E-state index is 13.8. The van der Waals surface area contributed by atoms with Crippen LogP contribution in [0.1, 0.15) is 31.4 Å². The van der Waals surface area contributed by atoms with E-state index in [1.807, 2.05) is 36.4 Å². The van der Waals surface area contributed by atoms with E-state index in [0.29, 0.717) is 17.7 Å². The summed E-state index contributed by atoms with van der Waals surface area (Å²) in [6.07, 6.45) is 14.7. The number of benzene rings is 1. The number of allylic oxidation sites excluding steroid dienone is 8. The Morgan fingerprint density at radius 2 is 2.06 bits per heavy atom. The van der Waals surface area contributed by atoms with E-state index in [0.717, 1.165) is 23.3 Å². The number of rotatable bonds is 5. The molecule has 4 aliphatic carbocycles. The molecule has 5 aliphatic rings. The summed E-state index contributed by atoms with van der Waals surface area (Å²) >= 11 is 0. The number of hydrogen-bond acceptors (Lipinski definition) is 4. The minimum absolute atomic E-state index is 0.120. The molecule has 0 bridgehead atoms. The van der Waals surface area contributed by atoms with E-state index in [1.54, 1.807) is 18.2 Å². The van der Waals surface area contributed by atoms with Crippen molar-refractivity contribution in [3.8, 4) is 5.75 Å². The van der Waals surface area contributed by atoms with Crippen LogP contribution in [-0.2, 0) is 4.79 Å². The van der Waals surface area contributed by atoms with E-state index in [2.05, 4.69) is 24.1 Å². The van der Waals surface area contributed by atoms with Crippen LogP contribution in [0.25, 0.3) is 0 Å². The predicted molar refractivity (Wildman–Crippen MR) is 121 cm³/mol. The van der Waals surface area contributed by atoms with Gasteiger partial charge in [-0.25, -0.2) is 4.99 Å². The molecule has 5 N–H and O–H groups in total. The normalized spacial score (nSPS) is 36.9. The van der Waals surface area contributed by atoms with Crippen molar-refractivity contribution >= 4 is 11.5 Å². The first-order valence-corrected chi connectivity index (χ1v) is 11.3. The van der Waals surface area contributed by atoms with Crippen molar-refractivity contribution in [1.29, 1.82) is 0 Å². The van der Waals surface area contributed by atoms with E-state index in [1.165, 1.54) is 0 Å². The SMILES string of the molecule is C[C@]12C=CC=CC1=C(C1=CC=CC(O)C1)[NH+]=C2C(=O)C1C2CC21C(N)c1ccccc1O. The summed E-state index contributed by atoms with van der Waals surface area (Å²) in [7, 11) is 0. The largest absolute Gasteiger partial charge is 0.508 e. The summed E-state index contributed by atoms with van der Waals surface area (Å²) in [6.45, 7) is 2.08. The van der Waals surface area contributed by atoms with Gasteiger partial charge in [0.1, 0.15) is 11.2 Å². The molecular formula is C27H27N2O3+. The van der Waals surface area contributed by atoms with Crippen LogP contribution in [0.4, 0.5) is 0 Å². The lowest BCUT2D eigenvalue weighted by Gasteiger charge is -2.24. The van der Waals surface area contributed by atoms with Crippen molar-refractivity contribution in [3.05, 3.63) is 89.2 Å². The summed E-state index contributed by atoms with van der Waals surface area (Å²) in [4.78, 5) is 17.3. The maximum atomic E-state index is 13.8. The lowest BCUT2D eigenvalue weighted by atomic mass is 9.72. The number of nitrogens with one attached hydrogen (secondary N) is 1. The van der Waals surface area contributed by atoms with Crippen molar-refractivity contribution in [1.82, 2.24) is 0 Å². The van der Waals surface area contributed by atoms with Crippen LogP contribution in [0.3, 0.4) is 0 Å². The highest BCUT2D eigenvalue weighted by Crippen LogP contribution is 2.84. The zero-order valence-corrected chi connectivity index (χ0v) is 18.0. The number of phenolic OH excluding ortho intramolecular Hbond substituents is 1. The number of aromatic hydroxyl groups is 1. The van der Waals surface area contributed by atoms with Crippen molar-refractivity contribution in [2.45, 2.75) is 31.9 Å². The average Bonchev–Trinajstić information content (AvgIpc) is 3.62. The number of fused-ring (bicyclic) bond motifs is 2. The van der Waals surface area contributed by atoms with Gasteiger partial charge in [-0.15, -0.1) is 0 Å². The van der Waals surface area contributed by atoms with Crippen LogP contribution >= 0.6 is 0 Å². The number of Topliss-reactive ketones (excluding diaryl/α,β-unsaturated/α-hetero) is 1. The summed E-state index contributed by atoms with van der Waals surface area (Å²) in [5.74, 6) is 0.465. The molecule has 0 saturated heterocycles. The molecule has 6 rings (SSSR count). The molecule has 0 radical (unpaired) electrons. The third kappa shape index (κ3) is 2.52. The topological polar surface area (TPSA) is 97.5 Å². The average molecular weight is 428 g/mol. The van der Waals surface area contributed by atoms with Crippen LogP contribution in [-0.4, -0.2) is 27.8 Å². The van der Waals surface area contributed by atoms with Crippen LogP contribution in [0.2, 0.25) is 0 Å². The molecule has 0 spiro atoms.